The Bertz CT molecular complexity index is 791. The number of methoxy groups -OCH3 is 3. The van der Waals surface area contributed by atoms with Gasteiger partial charge in [-0.05, 0) is 65.7 Å². The van der Waals surface area contributed by atoms with E-state index in [4.69, 9.17) is 14.2 Å². The Morgan fingerprint density at radius 2 is 1.22 bits per heavy atom. The molecular weight excluding hydrogens is 308 g/mol. The molecule has 3 aromatic rings. The van der Waals surface area contributed by atoms with Crippen LogP contribution in [-0.2, 0) is 0 Å². The SMILES string of the molecule is COc1ccc(-c2ccc(-c3ccc(OC)c(OC)c3)s2)cc1. The molecule has 0 atom stereocenters. The van der Waals surface area contributed by atoms with E-state index in [1.165, 1.54) is 15.3 Å². The molecule has 0 saturated carbocycles. The highest BCUT2D eigenvalue weighted by molar-refractivity contribution is 7.18. The maximum Gasteiger partial charge on any atom is 0.161 e. The van der Waals surface area contributed by atoms with Crippen molar-refractivity contribution in [3.63, 3.8) is 0 Å². The summed E-state index contributed by atoms with van der Waals surface area (Å²) in [5, 5.41) is 0. The smallest absolute Gasteiger partial charge is 0.161 e. The fourth-order valence-corrected chi connectivity index (χ4v) is 3.40. The predicted molar refractivity (Wildman–Crippen MR) is 94.8 cm³/mol. The van der Waals surface area contributed by atoms with Crippen LogP contribution in [0.25, 0.3) is 20.9 Å². The molecule has 2 aromatic carbocycles. The molecule has 0 fully saturated rings. The summed E-state index contributed by atoms with van der Waals surface area (Å²) in [6.45, 7) is 0. The lowest BCUT2D eigenvalue weighted by atomic mass is 10.1. The van der Waals surface area contributed by atoms with Crippen molar-refractivity contribution in [2.24, 2.45) is 0 Å². The third-order valence-corrected chi connectivity index (χ3v) is 4.83. The third kappa shape index (κ3) is 3.17. The summed E-state index contributed by atoms with van der Waals surface area (Å²) in [6, 6.07) is 18.3. The van der Waals surface area contributed by atoms with Gasteiger partial charge >= 0.3 is 0 Å². The average molecular weight is 326 g/mol. The zero-order valence-corrected chi connectivity index (χ0v) is 14.1. The van der Waals surface area contributed by atoms with Crippen LogP contribution < -0.4 is 14.2 Å². The second-order valence-corrected chi connectivity index (χ2v) is 6.05. The van der Waals surface area contributed by atoms with Crippen LogP contribution in [0.3, 0.4) is 0 Å². The van der Waals surface area contributed by atoms with Gasteiger partial charge in [0.2, 0.25) is 0 Å². The van der Waals surface area contributed by atoms with Gasteiger partial charge in [-0.2, -0.15) is 0 Å². The summed E-state index contributed by atoms with van der Waals surface area (Å²) in [5.41, 5.74) is 2.30. The summed E-state index contributed by atoms with van der Waals surface area (Å²) < 4.78 is 15.9. The highest BCUT2D eigenvalue weighted by Gasteiger charge is 2.09. The monoisotopic (exact) mass is 326 g/mol. The van der Waals surface area contributed by atoms with E-state index >= 15 is 0 Å². The first-order valence-corrected chi connectivity index (χ1v) is 8.03. The minimum Gasteiger partial charge on any atom is -0.497 e. The molecule has 1 heterocycles. The van der Waals surface area contributed by atoms with Gasteiger partial charge in [0, 0.05) is 9.75 Å². The van der Waals surface area contributed by atoms with Gasteiger partial charge in [-0.15, -0.1) is 11.3 Å². The summed E-state index contributed by atoms with van der Waals surface area (Å²) in [5.74, 6) is 2.35. The van der Waals surface area contributed by atoms with Gasteiger partial charge in [0.15, 0.2) is 11.5 Å². The van der Waals surface area contributed by atoms with Gasteiger partial charge < -0.3 is 14.2 Å². The summed E-state index contributed by atoms with van der Waals surface area (Å²) in [4.78, 5) is 2.41. The summed E-state index contributed by atoms with van der Waals surface area (Å²) >= 11 is 1.75. The van der Waals surface area contributed by atoms with Crippen molar-refractivity contribution in [2.75, 3.05) is 21.3 Å². The van der Waals surface area contributed by atoms with Gasteiger partial charge in [-0.1, -0.05) is 0 Å². The van der Waals surface area contributed by atoms with Crippen LogP contribution in [0.15, 0.2) is 54.6 Å². The van der Waals surface area contributed by atoms with Crippen molar-refractivity contribution in [2.45, 2.75) is 0 Å². The van der Waals surface area contributed by atoms with E-state index in [9.17, 15) is 0 Å². The second-order valence-electron chi connectivity index (χ2n) is 4.96. The largest absolute Gasteiger partial charge is 0.497 e. The van der Waals surface area contributed by atoms with Crippen molar-refractivity contribution in [3.05, 3.63) is 54.6 Å². The van der Waals surface area contributed by atoms with Crippen LogP contribution >= 0.6 is 11.3 Å². The lowest BCUT2D eigenvalue weighted by Crippen LogP contribution is -1.90. The topological polar surface area (TPSA) is 27.7 Å². The number of hydrogen-bond acceptors (Lipinski definition) is 4. The van der Waals surface area contributed by atoms with Crippen molar-refractivity contribution in [3.8, 4) is 38.1 Å². The zero-order chi connectivity index (χ0) is 16.2. The molecule has 0 unspecified atom stereocenters. The molecule has 0 radical (unpaired) electrons. The molecule has 23 heavy (non-hydrogen) atoms. The van der Waals surface area contributed by atoms with Gasteiger partial charge in [0.1, 0.15) is 5.75 Å². The molecule has 0 aliphatic carbocycles. The lowest BCUT2D eigenvalue weighted by molar-refractivity contribution is 0.355. The minimum absolute atomic E-state index is 0.739. The minimum atomic E-state index is 0.739. The number of thiophene rings is 1. The van der Waals surface area contributed by atoms with E-state index in [0.29, 0.717) is 0 Å². The first-order chi connectivity index (χ1) is 11.2. The molecule has 0 amide bonds. The second kappa shape index (κ2) is 6.75. The van der Waals surface area contributed by atoms with Crippen molar-refractivity contribution < 1.29 is 14.2 Å². The molecular formula is C19H18O3S. The number of hydrogen-bond donors (Lipinski definition) is 0. The number of ether oxygens (including phenoxy) is 3. The normalized spacial score (nSPS) is 10.4. The molecule has 118 valence electrons. The van der Waals surface area contributed by atoms with Crippen LogP contribution in [0.2, 0.25) is 0 Å². The highest BCUT2D eigenvalue weighted by Crippen LogP contribution is 2.38. The predicted octanol–water partition coefficient (Wildman–Crippen LogP) is 5.11. The highest BCUT2D eigenvalue weighted by atomic mass is 32.1. The van der Waals surface area contributed by atoms with Gasteiger partial charge in [0.05, 0.1) is 21.3 Å². The van der Waals surface area contributed by atoms with Crippen molar-refractivity contribution in [1.29, 1.82) is 0 Å². The van der Waals surface area contributed by atoms with E-state index in [0.717, 1.165) is 22.8 Å². The van der Waals surface area contributed by atoms with E-state index in [-0.39, 0.29) is 0 Å². The molecule has 4 heteroatoms. The zero-order valence-electron chi connectivity index (χ0n) is 13.3. The molecule has 3 rings (SSSR count). The van der Waals surface area contributed by atoms with Gasteiger partial charge in [-0.25, -0.2) is 0 Å². The van der Waals surface area contributed by atoms with Crippen molar-refractivity contribution in [1.82, 2.24) is 0 Å². The fourth-order valence-electron chi connectivity index (χ4n) is 2.39. The van der Waals surface area contributed by atoms with E-state index in [1.54, 1.807) is 32.7 Å². The van der Waals surface area contributed by atoms with E-state index in [2.05, 4.69) is 24.3 Å². The Labute approximate surface area is 140 Å². The first kappa shape index (κ1) is 15.4. The number of rotatable bonds is 5. The lowest BCUT2D eigenvalue weighted by Gasteiger charge is -2.08. The van der Waals surface area contributed by atoms with Crippen LogP contribution in [0.5, 0.6) is 17.2 Å². The molecule has 0 spiro atoms. The van der Waals surface area contributed by atoms with Gasteiger partial charge in [0.25, 0.3) is 0 Å². The molecule has 0 N–H and O–H groups in total. The third-order valence-electron chi connectivity index (χ3n) is 3.65. The summed E-state index contributed by atoms with van der Waals surface area (Å²) in [7, 11) is 4.97. The maximum atomic E-state index is 5.38. The van der Waals surface area contributed by atoms with Crippen molar-refractivity contribution >= 4 is 11.3 Å². The van der Waals surface area contributed by atoms with E-state index in [1.807, 2.05) is 30.3 Å². The van der Waals surface area contributed by atoms with Crippen LogP contribution in [0.4, 0.5) is 0 Å². The van der Waals surface area contributed by atoms with Crippen LogP contribution in [0, 0.1) is 0 Å². The Balaban J connectivity index is 1.92. The van der Waals surface area contributed by atoms with Crippen LogP contribution in [-0.4, -0.2) is 21.3 Å². The Morgan fingerprint density at radius 1 is 0.609 bits per heavy atom. The molecule has 0 bridgehead atoms. The summed E-state index contributed by atoms with van der Waals surface area (Å²) in [6.07, 6.45) is 0. The van der Waals surface area contributed by atoms with Gasteiger partial charge in [-0.3, -0.25) is 0 Å². The number of benzene rings is 2. The molecule has 0 saturated heterocycles. The molecule has 0 aliphatic rings. The standard InChI is InChI=1S/C19H18O3S/c1-20-15-7-4-13(5-8-15)18-10-11-19(23-18)14-6-9-16(21-2)17(12-14)22-3/h4-12H,1-3H3. The average Bonchev–Trinajstić information content (AvgIpc) is 3.11. The Hall–Kier alpha value is -2.46. The quantitative estimate of drug-likeness (QED) is 0.652. The Morgan fingerprint density at radius 3 is 1.83 bits per heavy atom. The fraction of sp³-hybridized carbons (Fsp3) is 0.158. The molecule has 1 aromatic heterocycles. The Kier molecular flexibility index (Phi) is 4.53. The maximum absolute atomic E-state index is 5.38. The molecule has 3 nitrogen and oxygen atoms in total. The molecule has 0 aliphatic heterocycles. The first-order valence-electron chi connectivity index (χ1n) is 7.22. The van der Waals surface area contributed by atoms with Crippen LogP contribution in [0.1, 0.15) is 0 Å². The van der Waals surface area contributed by atoms with E-state index < -0.39 is 0 Å².